The maximum atomic E-state index is 12.0. The lowest BCUT2D eigenvalue weighted by Crippen LogP contribution is -2.28. The maximum absolute atomic E-state index is 12.0. The molecule has 0 aliphatic heterocycles. The average Bonchev–Trinajstić information content (AvgIpc) is 2.66. The molecular weight excluding hydrogens is 392 g/mol. The van der Waals surface area contributed by atoms with E-state index in [-0.39, 0.29) is 30.6 Å². The van der Waals surface area contributed by atoms with Gasteiger partial charge in [0.05, 0.1) is 11.5 Å². The van der Waals surface area contributed by atoms with E-state index in [0.29, 0.717) is 17.3 Å². The zero-order chi connectivity index (χ0) is 19.7. The molecule has 27 heavy (non-hydrogen) atoms. The van der Waals surface area contributed by atoms with Crippen LogP contribution in [-0.2, 0) is 26.1 Å². The highest BCUT2D eigenvalue weighted by Crippen LogP contribution is 2.15. The standard InChI is InChI=1S/C18H21ClN2O5S/c1-25-11-10-21-27(23,24)17-8-6-16(7-9-17)26-13-18(22)20-12-14-2-4-15(19)5-3-14/h2-9,21H,10-13H2,1H3,(H,20,22). The smallest absolute Gasteiger partial charge is 0.258 e. The number of carbonyl (C=O) groups excluding carboxylic acids is 1. The van der Waals surface area contributed by atoms with E-state index in [2.05, 4.69) is 10.0 Å². The minimum Gasteiger partial charge on any atom is -0.484 e. The molecule has 2 N–H and O–H groups in total. The lowest BCUT2D eigenvalue weighted by atomic mass is 10.2. The first-order valence-corrected chi connectivity index (χ1v) is 9.99. The Morgan fingerprint density at radius 3 is 2.37 bits per heavy atom. The van der Waals surface area contributed by atoms with E-state index >= 15 is 0 Å². The fraction of sp³-hybridized carbons (Fsp3) is 0.278. The third-order valence-electron chi connectivity index (χ3n) is 3.51. The van der Waals surface area contributed by atoms with Crippen LogP contribution in [0.25, 0.3) is 0 Å². The van der Waals surface area contributed by atoms with Crippen LogP contribution < -0.4 is 14.8 Å². The predicted octanol–water partition coefficient (Wildman–Crippen LogP) is 1.96. The summed E-state index contributed by atoms with van der Waals surface area (Å²) in [5, 5.41) is 3.36. The molecule has 0 aromatic heterocycles. The molecule has 0 saturated carbocycles. The van der Waals surface area contributed by atoms with Crippen molar-refractivity contribution in [2.24, 2.45) is 0 Å². The van der Waals surface area contributed by atoms with Gasteiger partial charge < -0.3 is 14.8 Å². The van der Waals surface area contributed by atoms with Crippen molar-refractivity contribution in [3.63, 3.8) is 0 Å². The van der Waals surface area contributed by atoms with Gasteiger partial charge in [-0.25, -0.2) is 13.1 Å². The van der Waals surface area contributed by atoms with Gasteiger partial charge in [-0.15, -0.1) is 0 Å². The van der Waals surface area contributed by atoms with Gasteiger partial charge in [0.1, 0.15) is 5.75 Å². The molecular formula is C18H21ClN2O5S. The van der Waals surface area contributed by atoms with Crippen LogP contribution in [0.15, 0.2) is 53.4 Å². The Morgan fingerprint density at radius 1 is 1.07 bits per heavy atom. The molecule has 0 fully saturated rings. The van der Waals surface area contributed by atoms with E-state index in [0.717, 1.165) is 5.56 Å². The Hall–Kier alpha value is -2.13. The number of hydrogen-bond donors (Lipinski definition) is 2. The van der Waals surface area contributed by atoms with E-state index in [1.165, 1.54) is 31.4 Å². The highest BCUT2D eigenvalue weighted by molar-refractivity contribution is 7.89. The average molecular weight is 413 g/mol. The number of rotatable bonds is 10. The third kappa shape index (κ3) is 7.18. The minimum atomic E-state index is -3.60. The topological polar surface area (TPSA) is 93.7 Å². The molecule has 0 aliphatic rings. The number of ether oxygens (including phenoxy) is 2. The first-order chi connectivity index (χ1) is 12.9. The van der Waals surface area contributed by atoms with Gasteiger partial charge in [0.15, 0.2) is 6.61 Å². The van der Waals surface area contributed by atoms with Gasteiger partial charge in [-0.2, -0.15) is 0 Å². The summed E-state index contributed by atoms with van der Waals surface area (Å²) in [6.07, 6.45) is 0. The van der Waals surface area contributed by atoms with Crippen molar-refractivity contribution >= 4 is 27.5 Å². The fourth-order valence-corrected chi connectivity index (χ4v) is 3.22. The van der Waals surface area contributed by atoms with Crippen LogP contribution in [-0.4, -0.2) is 41.2 Å². The summed E-state index contributed by atoms with van der Waals surface area (Å²) in [6, 6.07) is 13.0. The number of hydrogen-bond acceptors (Lipinski definition) is 5. The quantitative estimate of drug-likeness (QED) is 0.582. The Kier molecular flexibility index (Phi) is 8.05. The molecule has 2 aromatic rings. The summed E-state index contributed by atoms with van der Waals surface area (Å²) < 4.78 is 36.7. The zero-order valence-corrected chi connectivity index (χ0v) is 16.3. The summed E-state index contributed by atoms with van der Waals surface area (Å²) in [5.41, 5.74) is 0.920. The summed E-state index contributed by atoms with van der Waals surface area (Å²) in [5.74, 6) is 0.107. The molecule has 0 radical (unpaired) electrons. The van der Waals surface area contributed by atoms with Gasteiger partial charge in [0, 0.05) is 25.2 Å². The monoisotopic (exact) mass is 412 g/mol. The Bertz CT molecular complexity index is 839. The normalized spacial score (nSPS) is 11.2. The molecule has 0 saturated heterocycles. The van der Waals surface area contributed by atoms with E-state index in [4.69, 9.17) is 21.1 Å². The lowest BCUT2D eigenvalue weighted by Gasteiger charge is -2.09. The molecule has 2 rings (SSSR count). The second-order valence-electron chi connectivity index (χ2n) is 5.55. The lowest BCUT2D eigenvalue weighted by molar-refractivity contribution is -0.123. The molecule has 0 bridgehead atoms. The molecule has 1 amide bonds. The summed E-state index contributed by atoms with van der Waals surface area (Å²) >= 11 is 5.81. The van der Waals surface area contributed by atoms with E-state index in [1.807, 2.05) is 12.1 Å². The minimum absolute atomic E-state index is 0.109. The number of sulfonamides is 1. The second kappa shape index (κ2) is 10.3. The van der Waals surface area contributed by atoms with Crippen molar-refractivity contribution in [3.8, 4) is 5.75 Å². The van der Waals surface area contributed by atoms with E-state index in [1.54, 1.807) is 12.1 Å². The number of benzene rings is 2. The van der Waals surface area contributed by atoms with Crippen LogP contribution in [0.3, 0.4) is 0 Å². The number of carbonyl (C=O) groups is 1. The highest BCUT2D eigenvalue weighted by Gasteiger charge is 2.13. The van der Waals surface area contributed by atoms with Gasteiger partial charge >= 0.3 is 0 Å². The van der Waals surface area contributed by atoms with Crippen molar-refractivity contribution < 1.29 is 22.7 Å². The Labute approximate surface area is 163 Å². The molecule has 0 atom stereocenters. The maximum Gasteiger partial charge on any atom is 0.258 e. The van der Waals surface area contributed by atoms with Crippen LogP contribution in [0.2, 0.25) is 5.02 Å². The SMILES string of the molecule is COCCNS(=O)(=O)c1ccc(OCC(=O)NCc2ccc(Cl)cc2)cc1. The number of methoxy groups -OCH3 is 1. The molecule has 9 heteroatoms. The predicted molar refractivity (Wildman–Crippen MR) is 102 cm³/mol. The van der Waals surface area contributed by atoms with Crippen molar-refractivity contribution in [2.45, 2.75) is 11.4 Å². The van der Waals surface area contributed by atoms with Crippen molar-refractivity contribution in [1.29, 1.82) is 0 Å². The summed E-state index contributed by atoms with van der Waals surface area (Å²) in [7, 11) is -2.11. The van der Waals surface area contributed by atoms with Crippen molar-refractivity contribution in [1.82, 2.24) is 10.0 Å². The first-order valence-electron chi connectivity index (χ1n) is 8.13. The van der Waals surface area contributed by atoms with Crippen molar-refractivity contribution in [3.05, 3.63) is 59.1 Å². The largest absolute Gasteiger partial charge is 0.484 e. The van der Waals surface area contributed by atoms with Gasteiger partial charge in [-0.05, 0) is 42.0 Å². The molecule has 0 heterocycles. The van der Waals surface area contributed by atoms with Crippen molar-refractivity contribution in [2.75, 3.05) is 26.9 Å². The number of nitrogens with one attached hydrogen (secondary N) is 2. The molecule has 0 aliphatic carbocycles. The van der Waals surface area contributed by atoms with Gasteiger partial charge in [0.25, 0.3) is 5.91 Å². The number of halogens is 1. The summed E-state index contributed by atoms with van der Waals surface area (Å²) in [4.78, 5) is 12.0. The van der Waals surface area contributed by atoms with E-state index < -0.39 is 10.0 Å². The fourth-order valence-electron chi connectivity index (χ4n) is 2.08. The van der Waals surface area contributed by atoms with Gasteiger partial charge in [-0.1, -0.05) is 23.7 Å². The highest BCUT2D eigenvalue weighted by atomic mass is 35.5. The van der Waals surface area contributed by atoms with Crippen LogP contribution in [0.1, 0.15) is 5.56 Å². The molecule has 0 spiro atoms. The molecule has 146 valence electrons. The van der Waals surface area contributed by atoms with Gasteiger partial charge in [0.2, 0.25) is 10.0 Å². The van der Waals surface area contributed by atoms with Crippen LogP contribution in [0, 0.1) is 0 Å². The van der Waals surface area contributed by atoms with E-state index in [9.17, 15) is 13.2 Å². The van der Waals surface area contributed by atoms with Crippen LogP contribution in [0.4, 0.5) is 0 Å². The second-order valence-corrected chi connectivity index (χ2v) is 7.76. The van der Waals surface area contributed by atoms with Crippen LogP contribution in [0.5, 0.6) is 5.75 Å². The Morgan fingerprint density at radius 2 is 1.74 bits per heavy atom. The molecule has 2 aromatic carbocycles. The Balaban J connectivity index is 1.80. The van der Waals surface area contributed by atoms with Crippen LogP contribution >= 0.6 is 11.6 Å². The summed E-state index contributed by atoms with van der Waals surface area (Å²) in [6.45, 7) is 0.659. The molecule has 0 unspecified atom stereocenters. The zero-order valence-electron chi connectivity index (χ0n) is 14.8. The molecule has 7 nitrogen and oxygen atoms in total. The van der Waals surface area contributed by atoms with Gasteiger partial charge in [-0.3, -0.25) is 4.79 Å². The first kappa shape index (κ1) is 21.2. The third-order valence-corrected chi connectivity index (χ3v) is 5.23. The number of amides is 1.